The Hall–Kier alpha value is -1.15. The summed E-state index contributed by atoms with van der Waals surface area (Å²) in [6.07, 6.45) is 3.33. The molecule has 2 heteroatoms. The molecule has 1 aromatic rings. The minimum absolute atomic E-state index is 0.302. The highest BCUT2D eigenvalue weighted by Crippen LogP contribution is 2.33. The van der Waals surface area contributed by atoms with Crippen LogP contribution in [0.15, 0.2) is 24.3 Å². The minimum Gasteiger partial charge on any atom is -0.370 e. The highest BCUT2D eigenvalue weighted by Gasteiger charge is 2.33. The Kier molecular flexibility index (Phi) is 3.63. The third kappa shape index (κ3) is 2.75. The summed E-state index contributed by atoms with van der Waals surface area (Å²) in [6.45, 7) is 4.74. The SMILES string of the molecule is CCCc1ccc(C2(C)CC(=O)CCO2)cc1. The number of carbonyl (C=O) groups excluding carboxylic acids is 1. The molecular formula is C15H20O2. The van der Waals surface area contributed by atoms with Crippen molar-refractivity contribution in [3.05, 3.63) is 35.4 Å². The number of ketones is 1. The van der Waals surface area contributed by atoms with Gasteiger partial charge in [-0.05, 0) is 24.5 Å². The smallest absolute Gasteiger partial charge is 0.138 e. The highest BCUT2D eigenvalue weighted by atomic mass is 16.5. The summed E-state index contributed by atoms with van der Waals surface area (Å²) in [5.74, 6) is 0.302. The van der Waals surface area contributed by atoms with Gasteiger partial charge in [0.2, 0.25) is 0 Å². The maximum atomic E-state index is 11.5. The lowest BCUT2D eigenvalue weighted by atomic mass is 9.87. The van der Waals surface area contributed by atoms with E-state index in [1.165, 1.54) is 5.56 Å². The molecule has 17 heavy (non-hydrogen) atoms. The first-order chi connectivity index (χ1) is 8.14. The summed E-state index contributed by atoms with van der Waals surface area (Å²) in [4.78, 5) is 11.5. The van der Waals surface area contributed by atoms with Crippen LogP contribution in [0.1, 0.15) is 44.2 Å². The van der Waals surface area contributed by atoms with Crippen LogP contribution >= 0.6 is 0 Å². The van der Waals surface area contributed by atoms with Gasteiger partial charge in [0.25, 0.3) is 0 Å². The fourth-order valence-electron chi connectivity index (χ4n) is 2.40. The number of hydrogen-bond donors (Lipinski definition) is 0. The molecule has 1 unspecified atom stereocenters. The van der Waals surface area contributed by atoms with E-state index < -0.39 is 5.60 Å². The second kappa shape index (κ2) is 5.01. The monoisotopic (exact) mass is 232 g/mol. The molecule has 2 rings (SSSR count). The standard InChI is InChI=1S/C15H20O2/c1-3-4-12-5-7-13(8-6-12)15(2)11-14(16)9-10-17-15/h5-8H,3-4,9-11H2,1-2H3. The zero-order valence-electron chi connectivity index (χ0n) is 10.7. The first-order valence-electron chi connectivity index (χ1n) is 6.39. The predicted molar refractivity (Wildman–Crippen MR) is 68.0 cm³/mol. The van der Waals surface area contributed by atoms with Crippen LogP contribution in [0.25, 0.3) is 0 Å². The summed E-state index contributed by atoms with van der Waals surface area (Å²) in [5, 5.41) is 0. The van der Waals surface area contributed by atoms with Gasteiger partial charge in [0.15, 0.2) is 0 Å². The van der Waals surface area contributed by atoms with E-state index in [-0.39, 0.29) is 0 Å². The number of ether oxygens (including phenoxy) is 1. The van der Waals surface area contributed by atoms with Gasteiger partial charge < -0.3 is 4.74 Å². The van der Waals surface area contributed by atoms with Crippen LogP contribution in [0.5, 0.6) is 0 Å². The lowest BCUT2D eigenvalue weighted by Gasteiger charge is -2.33. The molecule has 2 nitrogen and oxygen atoms in total. The van der Waals surface area contributed by atoms with Crippen molar-refractivity contribution in [1.29, 1.82) is 0 Å². The van der Waals surface area contributed by atoms with Crippen LogP contribution in [0, 0.1) is 0 Å². The van der Waals surface area contributed by atoms with E-state index in [9.17, 15) is 4.79 Å². The molecule has 1 heterocycles. The van der Waals surface area contributed by atoms with Crippen molar-refractivity contribution >= 4 is 5.78 Å². The number of Topliss-reactive ketones (excluding diaryl/α,β-unsaturated/α-hetero) is 1. The van der Waals surface area contributed by atoms with Gasteiger partial charge in [-0.15, -0.1) is 0 Å². The van der Waals surface area contributed by atoms with Crippen molar-refractivity contribution in [3.8, 4) is 0 Å². The minimum atomic E-state index is -0.417. The molecule has 1 aliphatic rings. The van der Waals surface area contributed by atoms with Gasteiger partial charge in [0.1, 0.15) is 5.78 Å². The van der Waals surface area contributed by atoms with E-state index in [1.807, 2.05) is 6.92 Å². The normalized spacial score (nSPS) is 24.9. The number of hydrogen-bond acceptors (Lipinski definition) is 2. The number of rotatable bonds is 3. The number of benzene rings is 1. The Labute approximate surface area is 103 Å². The fraction of sp³-hybridized carbons (Fsp3) is 0.533. The lowest BCUT2D eigenvalue weighted by molar-refractivity contribution is -0.138. The first-order valence-corrected chi connectivity index (χ1v) is 6.39. The summed E-state index contributed by atoms with van der Waals surface area (Å²) < 4.78 is 5.80. The Balaban J connectivity index is 2.18. The number of carbonyl (C=O) groups is 1. The van der Waals surface area contributed by atoms with Crippen molar-refractivity contribution in [2.75, 3.05) is 6.61 Å². The molecule has 1 aliphatic heterocycles. The lowest BCUT2D eigenvalue weighted by Crippen LogP contribution is -2.34. The Bertz CT molecular complexity index is 394. The van der Waals surface area contributed by atoms with Gasteiger partial charge in [0, 0.05) is 12.8 Å². The van der Waals surface area contributed by atoms with Crippen LogP contribution in [0.2, 0.25) is 0 Å². The van der Waals surface area contributed by atoms with Crippen LogP contribution in [-0.4, -0.2) is 12.4 Å². The average molecular weight is 232 g/mol. The van der Waals surface area contributed by atoms with Crippen molar-refractivity contribution in [1.82, 2.24) is 0 Å². The van der Waals surface area contributed by atoms with Crippen LogP contribution in [0.3, 0.4) is 0 Å². The second-order valence-electron chi connectivity index (χ2n) is 4.99. The third-order valence-electron chi connectivity index (χ3n) is 3.44. The zero-order valence-corrected chi connectivity index (χ0v) is 10.7. The molecule has 0 amide bonds. The van der Waals surface area contributed by atoms with Crippen molar-refractivity contribution in [3.63, 3.8) is 0 Å². The van der Waals surface area contributed by atoms with Gasteiger partial charge in [-0.25, -0.2) is 0 Å². The molecule has 1 aromatic carbocycles. The summed E-state index contributed by atoms with van der Waals surface area (Å²) in [5.41, 5.74) is 2.05. The summed E-state index contributed by atoms with van der Waals surface area (Å²) in [7, 11) is 0. The molecule has 1 atom stereocenters. The van der Waals surface area contributed by atoms with E-state index in [2.05, 4.69) is 31.2 Å². The highest BCUT2D eigenvalue weighted by molar-refractivity contribution is 5.80. The molecule has 0 bridgehead atoms. The average Bonchev–Trinajstić information content (AvgIpc) is 2.30. The molecule has 1 saturated heterocycles. The molecule has 0 saturated carbocycles. The molecule has 0 aromatic heterocycles. The van der Waals surface area contributed by atoms with Gasteiger partial charge in [-0.3, -0.25) is 4.79 Å². The number of aryl methyl sites for hydroxylation is 1. The molecular weight excluding hydrogens is 212 g/mol. The molecule has 0 N–H and O–H groups in total. The Morgan fingerprint density at radius 2 is 2.00 bits per heavy atom. The second-order valence-corrected chi connectivity index (χ2v) is 4.99. The molecule has 0 radical (unpaired) electrons. The van der Waals surface area contributed by atoms with Gasteiger partial charge in [-0.2, -0.15) is 0 Å². The van der Waals surface area contributed by atoms with Gasteiger partial charge in [-0.1, -0.05) is 37.6 Å². The summed E-state index contributed by atoms with van der Waals surface area (Å²) in [6, 6.07) is 8.49. The summed E-state index contributed by atoms with van der Waals surface area (Å²) >= 11 is 0. The maximum absolute atomic E-state index is 11.5. The zero-order chi connectivity index (χ0) is 12.3. The molecule has 0 aliphatic carbocycles. The quantitative estimate of drug-likeness (QED) is 0.799. The van der Waals surface area contributed by atoms with Gasteiger partial charge in [0.05, 0.1) is 12.2 Å². The molecule has 1 fully saturated rings. The Morgan fingerprint density at radius 1 is 1.29 bits per heavy atom. The van der Waals surface area contributed by atoms with Crippen LogP contribution in [0.4, 0.5) is 0 Å². The van der Waals surface area contributed by atoms with Crippen molar-refractivity contribution in [2.45, 2.75) is 45.1 Å². The van der Waals surface area contributed by atoms with E-state index in [1.54, 1.807) is 0 Å². The maximum Gasteiger partial charge on any atom is 0.138 e. The molecule has 0 spiro atoms. The first kappa shape index (κ1) is 12.3. The fourth-order valence-corrected chi connectivity index (χ4v) is 2.40. The van der Waals surface area contributed by atoms with Crippen molar-refractivity contribution < 1.29 is 9.53 Å². The van der Waals surface area contributed by atoms with Crippen molar-refractivity contribution in [2.24, 2.45) is 0 Å². The van der Waals surface area contributed by atoms with E-state index in [0.29, 0.717) is 25.2 Å². The van der Waals surface area contributed by atoms with E-state index in [0.717, 1.165) is 18.4 Å². The van der Waals surface area contributed by atoms with Gasteiger partial charge >= 0.3 is 0 Å². The van der Waals surface area contributed by atoms with E-state index >= 15 is 0 Å². The molecule has 92 valence electrons. The topological polar surface area (TPSA) is 26.3 Å². The van der Waals surface area contributed by atoms with Crippen LogP contribution in [-0.2, 0) is 21.6 Å². The van der Waals surface area contributed by atoms with E-state index in [4.69, 9.17) is 4.74 Å². The van der Waals surface area contributed by atoms with Crippen LogP contribution < -0.4 is 0 Å². The Morgan fingerprint density at radius 3 is 2.59 bits per heavy atom. The largest absolute Gasteiger partial charge is 0.370 e. The third-order valence-corrected chi connectivity index (χ3v) is 3.44. The predicted octanol–water partition coefficient (Wildman–Crippen LogP) is 3.23.